The maximum atomic E-state index is 12.7. The van der Waals surface area contributed by atoms with Gasteiger partial charge in [-0.1, -0.05) is 53.4 Å². The molecule has 1 aliphatic heterocycles. The van der Waals surface area contributed by atoms with Crippen molar-refractivity contribution >= 4 is 40.0 Å². The molecule has 0 aliphatic carbocycles. The molecule has 1 unspecified atom stereocenters. The van der Waals surface area contributed by atoms with Crippen molar-refractivity contribution in [3.63, 3.8) is 0 Å². The van der Waals surface area contributed by atoms with Crippen molar-refractivity contribution < 1.29 is 9.59 Å². The van der Waals surface area contributed by atoms with E-state index < -0.39 is 0 Å². The lowest BCUT2D eigenvalue weighted by Gasteiger charge is -2.32. The zero-order valence-corrected chi connectivity index (χ0v) is 17.3. The molecule has 1 fully saturated rings. The van der Waals surface area contributed by atoms with E-state index in [0.717, 1.165) is 28.3 Å². The van der Waals surface area contributed by atoms with E-state index in [-0.39, 0.29) is 17.7 Å². The minimum Gasteiger partial charge on any atom is -0.342 e. The summed E-state index contributed by atoms with van der Waals surface area (Å²) in [5.41, 5.74) is 1.81. The van der Waals surface area contributed by atoms with Crippen molar-refractivity contribution in [2.45, 2.75) is 30.4 Å². The Labute approximate surface area is 173 Å². The summed E-state index contributed by atoms with van der Waals surface area (Å²) in [4.78, 5) is 31.5. The van der Waals surface area contributed by atoms with Crippen LogP contribution in [0, 0.1) is 24.2 Å². The highest BCUT2D eigenvalue weighted by Crippen LogP contribution is 2.32. The first-order chi connectivity index (χ1) is 13.6. The molecule has 2 amide bonds. The minimum atomic E-state index is -0.229. The predicted octanol–water partition coefficient (Wildman–Crippen LogP) is 3.49. The molecule has 0 radical (unpaired) electrons. The Morgan fingerprint density at radius 3 is 2.93 bits per heavy atom. The summed E-state index contributed by atoms with van der Waals surface area (Å²) in [7, 11) is 0. The molecule has 0 saturated carbocycles. The zero-order valence-electron chi connectivity index (χ0n) is 15.7. The van der Waals surface area contributed by atoms with Crippen molar-refractivity contribution in [1.29, 1.82) is 5.26 Å². The van der Waals surface area contributed by atoms with Crippen LogP contribution in [-0.4, -0.2) is 40.5 Å². The fraction of sp³-hybridized carbons (Fsp3) is 0.400. The average Bonchev–Trinajstić information content (AvgIpc) is 3.06. The summed E-state index contributed by atoms with van der Waals surface area (Å²) in [6, 6.07) is 11.8. The van der Waals surface area contributed by atoms with Gasteiger partial charge in [-0.2, -0.15) is 5.26 Å². The Balaban J connectivity index is 1.57. The third kappa shape index (κ3) is 5.33. The predicted molar refractivity (Wildman–Crippen MR) is 111 cm³/mol. The molecule has 146 valence electrons. The number of hydrogen-bond acceptors (Lipinski definition) is 6. The molecule has 3 rings (SSSR count). The SMILES string of the molecule is Cc1nc(NC(=O)C2CCCN(C(=O)Cc3ccccc3)C2)sc1SCC#N. The van der Waals surface area contributed by atoms with Crippen LogP contribution in [0.5, 0.6) is 0 Å². The summed E-state index contributed by atoms with van der Waals surface area (Å²) < 4.78 is 0.945. The molecule has 0 bridgehead atoms. The molecule has 1 aliphatic rings. The number of nitrogens with one attached hydrogen (secondary N) is 1. The summed E-state index contributed by atoms with van der Waals surface area (Å²) in [6.45, 7) is 3.01. The van der Waals surface area contributed by atoms with Gasteiger partial charge in [-0.3, -0.25) is 9.59 Å². The Hall–Kier alpha value is -2.37. The summed E-state index contributed by atoms with van der Waals surface area (Å²) in [5.74, 6) is 0.0945. The van der Waals surface area contributed by atoms with Gasteiger partial charge in [0.1, 0.15) is 0 Å². The van der Waals surface area contributed by atoms with Gasteiger partial charge in [0.25, 0.3) is 0 Å². The minimum absolute atomic E-state index is 0.0592. The molecule has 0 spiro atoms. The molecule has 1 atom stereocenters. The second-order valence-corrected chi connectivity index (χ2v) is 8.91. The van der Waals surface area contributed by atoms with E-state index in [2.05, 4.69) is 16.4 Å². The molecule has 8 heteroatoms. The standard InChI is InChI=1S/C20H22N4O2S2/c1-14-19(27-11-9-21)28-20(22-14)23-18(26)16-8-5-10-24(13-16)17(25)12-15-6-3-2-4-7-15/h2-4,6-7,16H,5,8,10-13H2,1H3,(H,22,23,26). The molecule has 1 saturated heterocycles. The van der Waals surface area contributed by atoms with Crippen LogP contribution in [0.1, 0.15) is 24.1 Å². The Kier molecular flexibility index (Phi) is 7.06. The monoisotopic (exact) mass is 414 g/mol. The lowest BCUT2D eigenvalue weighted by Crippen LogP contribution is -2.44. The second-order valence-electron chi connectivity index (χ2n) is 6.67. The van der Waals surface area contributed by atoms with Crippen LogP contribution in [0.25, 0.3) is 0 Å². The number of aromatic nitrogens is 1. The molecule has 2 aromatic rings. The van der Waals surface area contributed by atoms with Crippen molar-refractivity contribution in [2.75, 3.05) is 24.2 Å². The number of piperidine rings is 1. The first-order valence-electron chi connectivity index (χ1n) is 9.16. The van der Waals surface area contributed by atoms with Gasteiger partial charge < -0.3 is 10.2 Å². The van der Waals surface area contributed by atoms with Crippen LogP contribution >= 0.6 is 23.1 Å². The number of benzene rings is 1. The normalized spacial score (nSPS) is 16.4. The van der Waals surface area contributed by atoms with Crippen LogP contribution in [0.15, 0.2) is 34.5 Å². The van der Waals surface area contributed by atoms with Crippen molar-refractivity contribution in [3.05, 3.63) is 41.6 Å². The van der Waals surface area contributed by atoms with Crippen LogP contribution in [0.3, 0.4) is 0 Å². The van der Waals surface area contributed by atoms with Gasteiger partial charge in [0.15, 0.2) is 5.13 Å². The Morgan fingerprint density at radius 1 is 1.39 bits per heavy atom. The van der Waals surface area contributed by atoms with Crippen molar-refractivity contribution in [3.8, 4) is 6.07 Å². The average molecular weight is 415 g/mol. The van der Waals surface area contributed by atoms with Crippen molar-refractivity contribution in [2.24, 2.45) is 5.92 Å². The lowest BCUT2D eigenvalue weighted by atomic mass is 9.96. The maximum Gasteiger partial charge on any atom is 0.231 e. The van der Waals surface area contributed by atoms with E-state index in [0.29, 0.717) is 30.4 Å². The van der Waals surface area contributed by atoms with Gasteiger partial charge >= 0.3 is 0 Å². The van der Waals surface area contributed by atoms with E-state index >= 15 is 0 Å². The maximum absolute atomic E-state index is 12.7. The fourth-order valence-electron chi connectivity index (χ4n) is 3.18. The highest BCUT2D eigenvalue weighted by atomic mass is 32.2. The highest BCUT2D eigenvalue weighted by Gasteiger charge is 2.29. The first kappa shape index (κ1) is 20.4. The number of amides is 2. The summed E-state index contributed by atoms with van der Waals surface area (Å²) in [6.07, 6.45) is 1.94. The molecular weight excluding hydrogens is 392 g/mol. The van der Waals surface area contributed by atoms with Crippen LogP contribution in [0.4, 0.5) is 5.13 Å². The zero-order chi connectivity index (χ0) is 19.9. The van der Waals surface area contributed by atoms with Crippen LogP contribution < -0.4 is 5.32 Å². The van der Waals surface area contributed by atoms with E-state index in [9.17, 15) is 9.59 Å². The first-order valence-corrected chi connectivity index (χ1v) is 11.0. The van der Waals surface area contributed by atoms with Gasteiger partial charge in [0, 0.05) is 13.1 Å². The molecule has 6 nitrogen and oxygen atoms in total. The number of anilines is 1. The van der Waals surface area contributed by atoms with Gasteiger partial charge in [0.05, 0.1) is 34.1 Å². The van der Waals surface area contributed by atoms with Crippen LogP contribution in [0.2, 0.25) is 0 Å². The van der Waals surface area contributed by atoms with Gasteiger partial charge in [0.2, 0.25) is 11.8 Å². The summed E-state index contributed by atoms with van der Waals surface area (Å²) >= 11 is 2.82. The summed E-state index contributed by atoms with van der Waals surface area (Å²) in [5, 5.41) is 12.2. The quantitative estimate of drug-likeness (QED) is 0.731. The third-order valence-corrected chi connectivity index (χ3v) is 6.90. The Morgan fingerprint density at radius 2 is 2.18 bits per heavy atom. The molecule has 28 heavy (non-hydrogen) atoms. The highest BCUT2D eigenvalue weighted by molar-refractivity contribution is 8.01. The lowest BCUT2D eigenvalue weighted by molar-refractivity contribution is -0.133. The number of thiazole rings is 1. The van der Waals surface area contributed by atoms with Crippen LogP contribution in [-0.2, 0) is 16.0 Å². The molecule has 1 N–H and O–H groups in total. The number of hydrogen-bond donors (Lipinski definition) is 1. The number of thioether (sulfide) groups is 1. The number of nitriles is 1. The number of likely N-dealkylation sites (tertiary alicyclic amines) is 1. The number of rotatable bonds is 6. The van der Waals surface area contributed by atoms with E-state index in [1.54, 1.807) is 4.90 Å². The van der Waals surface area contributed by atoms with E-state index in [4.69, 9.17) is 5.26 Å². The fourth-order valence-corrected chi connectivity index (χ4v) is 4.98. The largest absolute Gasteiger partial charge is 0.342 e. The Bertz CT molecular complexity index is 876. The number of aryl methyl sites for hydroxylation is 1. The molecule has 1 aromatic heterocycles. The smallest absolute Gasteiger partial charge is 0.231 e. The molecular formula is C20H22N4O2S2. The van der Waals surface area contributed by atoms with Gasteiger partial charge in [-0.05, 0) is 25.3 Å². The van der Waals surface area contributed by atoms with Gasteiger partial charge in [-0.15, -0.1) is 0 Å². The topological polar surface area (TPSA) is 86.1 Å². The van der Waals surface area contributed by atoms with E-state index in [1.165, 1.54) is 23.1 Å². The number of carbonyl (C=O) groups excluding carboxylic acids is 2. The number of carbonyl (C=O) groups is 2. The van der Waals surface area contributed by atoms with Gasteiger partial charge in [-0.25, -0.2) is 4.98 Å². The molecule has 2 heterocycles. The van der Waals surface area contributed by atoms with Crippen molar-refractivity contribution in [1.82, 2.24) is 9.88 Å². The second kappa shape index (κ2) is 9.71. The number of nitrogens with zero attached hydrogens (tertiary/aromatic N) is 3. The molecule has 1 aromatic carbocycles. The van der Waals surface area contributed by atoms with E-state index in [1.807, 2.05) is 37.3 Å². The third-order valence-electron chi connectivity index (χ3n) is 4.60.